The van der Waals surface area contributed by atoms with Gasteiger partial charge in [0.2, 0.25) is 0 Å². The van der Waals surface area contributed by atoms with E-state index in [4.69, 9.17) is 20.9 Å². The number of ketones is 1. The van der Waals surface area contributed by atoms with Crippen molar-refractivity contribution in [2.24, 2.45) is 0 Å². The topological polar surface area (TPSA) is 69.4 Å². The Bertz CT molecular complexity index is 830. The minimum Gasteiger partial charge on any atom is -0.457 e. The Morgan fingerprint density at radius 3 is 2.54 bits per heavy atom. The maximum absolute atomic E-state index is 12.4. The van der Waals surface area contributed by atoms with E-state index in [1.807, 2.05) is 18.2 Å². The summed E-state index contributed by atoms with van der Waals surface area (Å²) in [7, 11) is 0. The number of Topliss-reactive ketones (excluding diaryl/α,β-unsaturated/α-hetero) is 1. The minimum absolute atomic E-state index is 0.00575. The number of carbonyl (C=O) groups excluding carboxylic acids is 2. The molecule has 1 aromatic carbocycles. The number of hydrogen-bond acceptors (Lipinski definition) is 5. The van der Waals surface area contributed by atoms with Gasteiger partial charge >= 0.3 is 5.97 Å². The van der Waals surface area contributed by atoms with Gasteiger partial charge in [0.1, 0.15) is 17.1 Å². The quantitative estimate of drug-likeness (QED) is 0.519. The van der Waals surface area contributed by atoms with Crippen LogP contribution < -0.4 is 0 Å². The standard InChI is InChI=1S/C20H22ClNO4/c1-13(23)9-10-14(19(24)25-20(2,3)4)11-15-12-18(22-26-15)16-7-5-6-8-17(16)21/h5-8,11-12H,9-10H2,1-4H3/b14-11-. The number of halogens is 1. The van der Waals surface area contributed by atoms with E-state index in [0.29, 0.717) is 22.0 Å². The highest BCUT2D eigenvalue weighted by Crippen LogP contribution is 2.28. The van der Waals surface area contributed by atoms with Gasteiger partial charge in [-0.3, -0.25) is 0 Å². The van der Waals surface area contributed by atoms with E-state index in [-0.39, 0.29) is 18.6 Å². The van der Waals surface area contributed by atoms with Crippen molar-refractivity contribution in [1.29, 1.82) is 0 Å². The van der Waals surface area contributed by atoms with Crippen molar-refractivity contribution in [3.05, 3.63) is 46.7 Å². The first-order valence-electron chi connectivity index (χ1n) is 8.30. The molecule has 0 atom stereocenters. The largest absolute Gasteiger partial charge is 0.457 e. The van der Waals surface area contributed by atoms with Crippen LogP contribution in [0, 0.1) is 0 Å². The maximum atomic E-state index is 12.4. The molecule has 2 aromatic rings. The first kappa shape index (κ1) is 19.9. The van der Waals surface area contributed by atoms with Crippen LogP contribution >= 0.6 is 11.6 Å². The van der Waals surface area contributed by atoms with Crippen molar-refractivity contribution >= 4 is 29.4 Å². The van der Waals surface area contributed by atoms with Gasteiger partial charge in [-0.1, -0.05) is 35.0 Å². The number of nitrogens with zero attached hydrogens (tertiary/aromatic N) is 1. The van der Waals surface area contributed by atoms with E-state index < -0.39 is 11.6 Å². The van der Waals surface area contributed by atoms with Crippen LogP contribution in [0.15, 0.2) is 40.4 Å². The molecule has 0 aliphatic rings. The number of esters is 1. The normalized spacial score (nSPS) is 12.1. The molecule has 138 valence electrons. The second-order valence-corrected chi connectivity index (χ2v) is 7.38. The molecule has 0 amide bonds. The second-order valence-electron chi connectivity index (χ2n) is 6.97. The lowest BCUT2D eigenvalue weighted by Gasteiger charge is -2.20. The Labute approximate surface area is 158 Å². The van der Waals surface area contributed by atoms with E-state index in [0.717, 1.165) is 5.56 Å². The van der Waals surface area contributed by atoms with Crippen LogP contribution in [-0.2, 0) is 14.3 Å². The summed E-state index contributed by atoms with van der Waals surface area (Å²) in [6.07, 6.45) is 2.08. The Morgan fingerprint density at radius 2 is 1.92 bits per heavy atom. The lowest BCUT2D eigenvalue weighted by atomic mass is 10.1. The SMILES string of the molecule is CC(=O)CC/C(=C/c1cc(-c2ccccc2Cl)no1)C(=O)OC(C)(C)C. The molecular formula is C20H22ClNO4. The molecule has 6 heteroatoms. The van der Waals surface area contributed by atoms with Crippen molar-refractivity contribution in [3.8, 4) is 11.3 Å². The van der Waals surface area contributed by atoms with Crippen molar-refractivity contribution in [2.45, 2.75) is 46.1 Å². The number of hydrogen-bond donors (Lipinski definition) is 0. The zero-order valence-corrected chi connectivity index (χ0v) is 16.1. The van der Waals surface area contributed by atoms with Crippen LogP contribution in [0.25, 0.3) is 17.3 Å². The summed E-state index contributed by atoms with van der Waals surface area (Å²) in [5.74, 6) is -0.0902. The number of benzene rings is 1. The highest BCUT2D eigenvalue weighted by molar-refractivity contribution is 6.33. The van der Waals surface area contributed by atoms with Crippen LogP contribution in [0.5, 0.6) is 0 Å². The third kappa shape index (κ3) is 5.85. The molecule has 0 fully saturated rings. The maximum Gasteiger partial charge on any atom is 0.334 e. The highest BCUT2D eigenvalue weighted by atomic mass is 35.5. The molecule has 1 heterocycles. The summed E-state index contributed by atoms with van der Waals surface area (Å²) in [5, 5.41) is 4.56. The summed E-state index contributed by atoms with van der Waals surface area (Å²) in [6.45, 7) is 6.85. The lowest BCUT2D eigenvalue weighted by Crippen LogP contribution is -2.25. The van der Waals surface area contributed by atoms with Crippen LogP contribution in [0.2, 0.25) is 5.02 Å². The van der Waals surface area contributed by atoms with Crippen LogP contribution in [0.3, 0.4) is 0 Å². The van der Waals surface area contributed by atoms with Crippen LogP contribution in [0.1, 0.15) is 46.3 Å². The monoisotopic (exact) mass is 375 g/mol. The molecule has 0 unspecified atom stereocenters. The molecule has 0 saturated carbocycles. The predicted molar refractivity (Wildman–Crippen MR) is 101 cm³/mol. The molecule has 26 heavy (non-hydrogen) atoms. The van der Waals surface area contributed by atoms with Gasteiger partial charge in [0, 0.05) is 23.6 Å². The molecule has 0 radical (unpaired) electrons. The Morgan fingerprint density at radius 1 is 1.23 bits per heavy atom. The minimum atomic E-state index is -0.628. The van der Waals surface area contributed by atoms with E-state index >= 15 is 0 Å². The van der Waals surface area contributed by atoms with Gasteiger partial charge in [-0.15, -0.1) is 0 Å². The summed E-state index contributed by atoms with van der Waals surface area (Å²) < 4.78 is 10.7. The van der Waals surface area contributed by atoms with Crippen LogP contribution in [0.4, 0.5) is 0 Å². The van der Waals surface area contributed by atoms with Gasteiger partial charge in [0.15, 0.2) is 5.76 Å². The second kappa shape index (κ2) is 8.32. The molecule has 5 nitrogen and oxygen atoms in total. The van der Waals surface area contributed by atoms with E-state index in [1.54, 1.807) is 39.0 Å². The predicted octanol–water partition coefficient (Wildman–Crippen LogP) is 5.09. The van der Waals surface area contributed by atoms with Crippen molar-refractivity contribution in [2.75, 3.05) is 0 Å². The number of aromatic nitrogens is 1. The van der Waals surface area contributed by atoms with Crippen molar-refractivity contribution < 1.29 is 18.8 Å². The number of carbonyl (C=O) groups is 2. The Hall–Kier alpha value is -2.40. The van der Waals surface area contributed by atoms with Gasteiger partial charge in [-0.05, 0) is 46.3 Å². The highest BCUT2D eigenvalue weighted by Gasteiger charge is 2.21. The summed E-state index contributed by atoms with van der Waals surface area (Å²) >= 11 is 6.17. The average molecular weight is 376 g/mol. The summed E-state index contributed by atoms with van der Waals surface area (Å²) in [4.78, 5) is 23.7. The molecule has 0 bridgehead atoms. The zero-order chi connectivity index (χ0) is 19.3. The van der Waals surface area contributed by atoms with Gasteiger partial charge in [-0.2, -0.15) is 0 Å². The fourth-order valence-corrected chi connectivity index (χ4v) is 2.44. The number of rotatable bonds is 6. The smallest absolute Gasteiger partial charge is 0.334 e. The first-order valence-corrected chi connectivity index (χ1v) is 8.68. The van der Waals surface area contributed by atoms with Crippen molar-refractivity contribution in [1.82, 2.24) is 5.16 Å². The summed E-state index contributed by atoms with van der Waals surface area (Å²) in [6, 6.07) is 8.97. The zero-order valence-electron chi connectivity index (χ0n) is 15.3. The lowest BCUT2D eigenvalue weighted by molar-refractivity contribution is -0.149. The average Bonchev–Trinajstić information content (AvgIpc) is 2.98. The Balaban J connectivity index is 2.30. The number of ether oxygens (including phenoxy) is 1. The first-order chi connectivity index (χ1) is 12.2. The summed E-state index contributed by atoms with van der Waals surface area (Å²) in [5.41, 5.74) is 1.03. The molecule has 1 aromatic heterocycles. The van der Waals surface area contributed by atoms with Gasteiger partial charge in [-0.25, -0.2) is 4.79 Å². The van der Waals surface area contributed by atoms with Crippen molar-refractivity contribution in [3.63, 3.8) is 0 Å². The molecular weight excluding hydrogens is 354 g/mol. The van der Waals surface area contributed by atoms with Gasteiger partial charge in [0.05, 0.1) is 5.02 Å². The molecule has 0 aliphatic heterocycles. The van der Waals surface area contributed by atoms with E-state index in [2.05, 4.69) is 5.16 Å². The third-order valence-corrected chi connectivity index (χ3v) is 3.73. The van der Waals surface area contributed by atoms with E-state index in [1.165, 1.54) is 6.92 Å². The van der Waals surface area contributed by atoms with E-state index in [9.17, 15) is 9.59 Å². The molecule has 0 spiro atoms. The van der Waals surface area contributed by atoms with Crippen LogP contribution in [-0.4, -0.2) is 22.5 Å². The molecule has 2 rings (SSSR count). The molecule has 0 aliphatic carbocycles. The van der Waals surface area contributed by atoms with Gasteiger partial charge in [0.25, 0.3) is 0 Å². The van der Waals surface area contributed by atoms with Gasteiger partial charge < -0.3 is 14.1 Å². The molecule has 0 N–H and O–H groups in total. The fourth-order valence-electron chi connectivity index (χ4n) is 2.21. The fraction of sp³-hybridized carbons (Fsp3) is 0.350. The third-order valence-electron chi connectivity index (χ3n) is 3.40. The molecule has 0 saturated heterocycles. The Kier molecular flexibility index (Phi) is 6.37.